The van der Waals surface area contributed by atoms with E-state index in [1.807, 2.05) is 35.7 Å². The summed E-state index contributed by atoms with van der Waals surface area (Å²) >= 11 is 3.95. The summed E-state index contributed by atoms with van der Waals surface area (Å²) in [5.74, 6) is 2.63. The standard InChI is InChI=1S/C19H24N2O4S2/c22-16(20-9-1-10-21-17(23)7-8-18(21)24)13-25-15-5-3-14(4-6-15)19-26-11-2-12-27-19/h3-6,19H,1-2,7-13H2,(H,20,22). The minimum absolute atomic E-state index is 0.0478. The largest absolute Gasteiger partial charge is 0.484 e. The third-order valence-corrected chi connectivity index (χ3v) is 7.40. The van der Waals surface area contributed by atoms with Gasteiger partial charge in [0.2, 0.25) is 11.8 Å². The first-order valence-electron chi connectivity index (χ1n) is 9.19. The van der Waals surface area contributed by atoms with Crippen LogP contribution in [0.25, 0.3) is 0 Å². The van der Waals surface area contributed by atoms with Gasteiger partial charge in [-0.25, -0.2) is 0 Å². The number of benzene rings is 1. The molecule has 0 aliphatic carbocycles. The number of carbonyl (C=O) groups is 3. The predicted molar refractivity (Wildman–Crippen MR) is 108 cm³/mol. The molecule has 3 amide bonds. The summed E-state index contributed by atoms with van der Waals surface area (Å²) in [5, 5.41) is 2.75. The molecule has 0 unspecified atom stereocenters. The van der Waals surface area contributed by atoms with Crippen molar-refractivity contribution in [2.75, 3.05) is 31.2 Å². The van der Waals surface area contributed by atoms with Crippen LogP contribution in [0.4, 0.5) is 0 Å². The average molecular weight is 409 g/mol. The molecule has 2 aliphatic rings. The fraction of sp³-hybridized carbons (Fsp3) is 0.526. The van der Waals surface area contributed by atoms with Crippen LogP contribution >= 0.6 is 23.5 Å². The summed E-state index contributed by atoms with van der Waals surface area (Å²) in [6, 6.07) is 7.94. The van der Waals surface area contributed by atoms with Crippen molar-refractivity contribution in [3.8, 4) is 5.75 Å². The first-order valence-corrected chi connectivity index (χ1v) is 11.3. The van der Waals surface area contributed by atoms with Crippen LogP contribution in [0.3, 0.4) is 0 Å². The van der Waals surface area contributed by atoms with Crippen LogP contribution in [-0.2, 0) is 14.4 Å². The Morgan fingerprint density at radius 3 is 2.44 bits per heavy atom. The summed E-state index contributed by atoms with van der Waals surface area (Å²) in [6.45, 7) is 0.722. The lowest BCUT2D eigenvalue weighted by atomic mass is 10.2. The van der Waals surface area contributed by atoms with Crippen molar-refractivity contribution < 1.29 is 19.1 Å². The first-order chi connectivity index (χ1) is 13.1. The van der Waals surface area contributed by atoms with Gasteiger partial charge in [-0.1, -0.05) is 12.1 Å². The quantitative estimate of drug-likeness (QED) is 0.526. The summed E-state index contributed by atoms with van der Waals surface area (Å²) < 4.78 is 6.02. The number of amides is 3. The highest BCUT2D eigenvalue weighted by Crippen LogP contribution is 2.43. The van der Waals surface area contributed by atoms with Gasteiger partial charge < -0.3 is 10.1 Å². The minimum atomic E-state index is -0.212. The summed E-state index contributed by atoms with van der Waals surface area (Å²) in [7, 11) is 0. The zero-order valence-electron chi connectivity index (χ0n) is 15.1. The van der Waals surface area contributed by atoms with E-state index in [1.165, 1.54) is 28.4 Å². The second-order valence-electron chi connectivity index (χ2n) is 6.43. The Morgan fingerprint density at radius 1 is 1.11 bits per heavy atom. The van der Waals surface area contributed by atoms with Crippen LogP contribution in [0.5, 0.6) is 5.75 Å². The Bertz CT molecular complexity index is 659. The third kappa shape index (κ3) is 5.90. The van der Waals surface area contributed by atoms with Crippen LogP contribution in [0.2, 0.25) is 0 Å². The lowest BCUT2D eigenvalue weighted by Gasteiger charge is -2.21. The molecule has 2 fully saturated rings. The van der Waals surface area contributed by atoms with Gasteiger partial charge in [0, 0.05) is 25.9 Å². The maximum Gasteiger partial charge on any atom is 0.257 e. The smallest absolute Gasteiger partial charge is 0.257 e. The fourth-order valence-corrected chi connectivity index (χ4v) is 5.83. The molecule has 1 aromatic rings. The van der Waals surface area contributed by atoms with Gasteiger partial charge in [-0.2, -0.15) is 0 Å². The summed E-state index contributed by atoms with van der Waals surface area (Å²) in [4.78, 5) is 36.1. The number of thioether (sulfide) groups is 2. The molecule has 3 rings (SSSR count). The molecular weight excluding hydrogens is 384 g/mol. The van der Waals surface area contributed by atoms with E-state index < -0.39 is 0 Å². The SMILES string of the molecule is O=C(COc1ccc(C2SCCCS2)cc1)NCCCN1C(=O)CCC1=O. The van der Waals surface area contributed by atoms with Crippen molar-refractivity contribution in [3.05, 3.63) is 29.8 Å². The molecule has 0 saturated carbocycles. The van der Waals surface area contributed by atoms with Gasteiger partial charge in [0.15, 0.2) is 6.61 Å². The monoisotopic (exact) mass is 408 g/mol. The second-order valence-corrected chi connectivity index (χ2v) is 9.15. The molecule has 1 N–H and O–H groups in total. The zero-order valence-corrected chi connectivity index (χ0v) is 16.8. The van der Waals surface area contributed by atoms with Gasteiger partial charge in [0.1, 0.15) is 5.75 Å². The van der Waals surface area contributed by atoms with E-state index in [1.54, 1.807) is 0 Å². The number of imide groups is 1. The van der Waals surface area contributed by atoms with Gasteiger partial charge in [-0.05, 0) is 42.0 Å². The highest BCUT2D eigenvalue weighted by molar-refractivity contribution is 8.16. The number of ether oxygens (including phenoxy) is 1. The van der Waals surface area contributed by atoms with Crippen molar-refractivity contribution in [2.45, 2.75) is 30.3 Å². The van der Waals surface area contributed by atoms with E-state index in [4.69, 9.17) is 4.74 Å². The van der Waals surface area contributed by atoms with E-state index in [9.17, 15) is 14.4 Å². The number of likely N-dealkylation sites (tertiary alicyclic amines) is 1. The molecule has 1 aromatic carbocycles. The van der Waals surface area contributed by atoms with Gasteiger partial charge in [-0.15, -0.1) is 23.5 Å². The maximum atomic E-state index is 11.9. The van der Waals surface area contributed by atoms with Gasteiger partial charge in [-0.3, -0.25) is 19.3 Å². The van der Waals surface area contributed by atoms with Crippen molar-refractivity contribution in [2.24, 2.45) is 0 Å². The lowest BCUT2D eigenvalue weighted by molar-refractivity contribution is -0.138. The summed E-state index contributed by atoms with van der Waals surface area (Å²) in [6.07, 6.45) is 2.42. The molecule has 8 heteroatoms. The van der Waals surface area contributed by atoms with E-state index in [2.05, 4.69) is 17.4 Å². The van der Waals surface area contributed by atoms with Gasteiger partial charge >= 0.3 is 0 Å². The maximum absolute atomic E-state index is 11.9. The molecular formula is C19H24N2O4S2. The molecule has 0 aromatic heterocycles. The zero-order chi connectivity index (χ0) is 19.1. The lowest BCUT2D eigenvalue weighted by Crippen LogP contribution is -2.34. The third-order valence-electron chi connectivity index (χ3n) is 4.38. The second kappa shape index (κ2) is 10.0. The number of rotatable bonds is 8. The van der Waals surface area contributed by atoms with E-state index in [-0.39, 0.29) is 24.3 Å². The molecule has 2 saturated heterocycles. The highest BCUT2D eigenvalue weighted by atomic mass is 32.2. The number of hydrogen-bond acceptors (Lipinski definition) is 6. The van der Waals surface area contributed by atoms with Crippen molar-refractivity contribution in [1.82, 2.24) is 10.2 Å². The molecule has 146 valence electrons. The molecule has 0 atom stereocenters. The number of nitrogens with one attached hydrogen (secondary N) is 1. The number of nitrogens with zero attached hydrogens (tertiary/aromatic N) is 1. The Hall–Kier alpha value is -1.67. The van der Waals surface area contributed by atoms with E-state index in [0.717, 1.165) is 0 Å². The van der Waals surface area contributed by atoms with Crippen LogP contribution in [-0.4, -0.2) is 53.8 Å². The van der Waals surface area contributed by atoms with Crippen molar-refractivity contribution in [1.29, 1.82) is 0 Å². The molecule has 6 nitrogen and oxygen atoms in total. The van der Waals surface area contributed by atoms with E-state index >= 15 is 0 Å². The number of hydrogen-bond donors (Lipinski definition) is 1. The number of carbonyl (C=O) groups excluding carboxylic acids is 3. The Balaban J connectivity index is 1.33. The van der Waals surface area contributed by atoms with Crippen molar-refractivity contribution >= 4 is 41.2 Å². The predicted octanol–water partition coefficient (Wildman–Crippen LogP) is 2.59. The topological polar surface area (TPSA) is 75.7 Å². The van der Waals surface area contributed by atoms with Gasteiger partial charge in [0.25, 0.3) is 5.91 Å². The minimum Gasteiger partial charge on any atom is -0.484 e. The van der Waals surface area contributed by atoms with Crippen LogP contribution in [0.1, 0.15) is 35.8 Å². The Kier molecular flexibility index (Phi) is 7.46. The normalized spacial score (nSPS) is 18.0. The van der Waals surface area contributed by atoms with Crippen LogP contribution < -0.4 is 10.1 Å². The summed E-state index contributed by atoms with van der Waals surface area (Å²) in [5.41, 5.74) is 1.28. The van der Waals surface area contributed by atoms with Crippen LogP contribution in [0.15, 0.2) is 24.3 Å². The molecule has 0 bridgehead atoms. The van der Waals surface area contributed by atoms with Gasteiger partial charge in [0.05, 0.1) is 4.58 Å². The molecule has 27 heavy (non-hydrogen) atoms. The average Bonchev–Trinajstić information content (AvgIpc) is 3.02. The molecule has 0 radical (unpaired) electrons. The molecule has 2 heterocycles. The van der Waals surface area contributed by atoms with Crippen LogP contribution in [0, 0.1) is 0 Å². The Labute approximate surface area is 167 Å². The van der Waals surface area contributed by atoms with E-state index in [0.29, 0.717) is 42.7 Å². The highest BCUT2D eigenvalue weighted by Gasteiger charge is 2.27. The molecule has 2 aliphatic heterocycles. The van der Waals surface area contributed by atoms with Crippen molar-refractivity contribution in [3.63, 3.8) is 0 Å². The Morgan fingerprint density at radius 2 is 1.78 bits per heavy atom. The fourth-order valence-electron chi connectivity index (χ4n) is 2.94. The molecule has 0 spiro atoms. The first kappa shape index (κ1) is 20.1.